The van der Waals surface area contributed by atoms with Gasteiger partial charge in [0.15, 0.2) is 5.13 Å². The van der Waals surface area contributed by atoms with Crippen LogP contribution in [0.15, 0.2) is 5.38 Å². The Hall–Kier alpha value is -0.750. The van der Waals surface area contributed by atoms with Gasteiger partial charge in [-0.3, -0.25) is 4.79 Å². The van der Waals surface area contributed by atoms with Crippen LogP contribution in [0.4, 0.5) is 5.13 Å². The van der Waals surface area contributed by atoms with Gasteiger partial charge in [-0.1, -0.05) is 6.92 Å². The normalized spacial score (nSPS) is 13.3. The number of aromatic nitrogens is 1. The minimum absolute atomic E-state index is 0.353. The van der Waals surface area contributed by atoms with Gasteiger partial charge < -0.3 is 10.4 Å². The highest BCUT2D eigenvalue weighted by Crippen LogP contribution is 2.27. The Bertz CT molecular complexity index is 419. The molecule has 0 aliphatic rings. The molecule has 0 radical (unpaired) electrons. The van der Waals surface area contributed by atoms with Gasteiger partial charge in [0.25, 0.3) is 0 Å². The van der Waals surface area contributed by atoms with Crippen LogP contribution in [0.1, 0.15) is 39.8 Å². The molecular formula is C13H22N2O2S2. The van der Waals surface area contributed by atoms with Crippen molar-refractivity contribution in [3.63, 3.8) is 0 Å². The van der Waals surface area contributed by atoms with E-state index in [2.05, 4.69) is 24.1 Å². The van der Waals surface area contributed by atoms with Crippen molar-refractivity contribution in [2.75, 3.05) is 16.8 Å². The number of carboxylic acid groups (broad SMARTS) is 1. The van der Waals surface area contributed by atoms with E-state index >= 15 is 0 Å². The molecule has 0 saturated carbocycles. The molecule has 0 bridgehead atoms. The summed E-state index contributed by atoms with van der Waals surface area (Å²) in [6.45, 7) is 7.63. The summed E-state index contributed by atoms with van der Waals surface area (Å²) in [6.07, 6.45) is 1.08. The third kappa shape index (κ3) is 4.69. The van der Waals surface area contributed by atoms with E-state index in [1.54, 1.807) is 13.8 Å². The summed E-state index contributed by atoms with van der Waals surface area (Å²) in [6, 6.07) is 0.353. The molecule has 1 aromatic rings. The van der Waals surface area contributed by atoms with Gasteiger partial charge >= 0.3 is 5.97 Å². The molecule has 19 heavy (non-hydrogen) atoms. The molecule has 108 valence electrons. The summed E-state index contributed by atoms with van der Waals surface area (Å²) < 4.78 is 0. The topological polar surface area (TPSA) is 62.2 Å². The lowest BCUT2D eigenvalue weighted by Gasteiger charge is -2.16. The van der Waals surface area contributed by atoms with Crippen molar-refractivity contribution in [1.82, 2.24) is 4.98 Å². The second-order valence-corrected chi connectivity index (χ2v) is 7.25. The van der Waals surface area contributed by atoms with Crippen LogP contribution in [0.5, 0.6) is 0 Å². The van der Waals surface area contributed by atoms with E-state index in [0.29, 0.717) is 11.7 Å². The first kappa shape index (κ1) is 16.3. The quantitative estimate of drug-likeness (QED) is 0.720. The number of thiazole rings is 1. The van der Waals surface area contributed by atoms with E-state index in [1.807, 2.05) is 17.1 Å². The highest BCUT2D eigenvalue weighted by molar-refractivity contribution is 7.99. The third-order valence-electron chi connectivity index (χ3n) is 2.95. The highest BCUT2D eigenvalue weighted by Gasteiger charge is 2.32. The number of thioether (sulfide) groups is 1. The van der Waals surface area contributed by atoms with Crippen LogP contribution in [0.2, 0.25) is 0 Å². The predicted molar refractivity (Wildman–Crippen MR) is 83.5 cm³/mol. The number of carbonyl (C=O) groups is 1. The number of anilines is 1. The number of nitrogens with one attached hydrogen (secondary N) is 1. The van der Waals surface area contributed by atoms with Crippen LogP contribution in [0.3, 0.4) is 0 Å². The summed E-state index contributed by atoms with van der Waals surface area (Å²) in [4.78, 5) is 15.6. The van der Waals surface area contributed by atoms with E-state index in [4.69, 9.17) is 0 Å². The zero-order chi connectivity index (χ0) is 14.5. The van der Waals surface area contributed by atoms with Crippen LogP contribution < -0.4 is 5.32 Å². The molecule has 0 spiro atoms. The predicted octanol–water partition coefficient (Wildman–Crippen LogP) is 3.45. The largest absolute Gasteiger partial charge is 0.481 e. The fourth-order valence-electron chi connectivity index (χ4n) is 1.42. The Morgan fingerprint density at radius 1 is 1.63 bits per heavy atom. The van der Waals surface area contributed by atoms with E-state index in [-0.39, 0.29) is 0 Å². The standard InChI is InChI=1S/C13H22N2O2S2/c1-5-18-7-6-9(2)14-12-15-10(8-19-12)13(3,4)11(16)17/h8-9H,5-7H2,1-4H3,(H,14,15)(H,16,17). The zero-order valence-electron chi connectivity index (χ0n) is 11.9. The maximum Gasteiger partial charge on any atom is 0.315 e. The van der Waals surface area contributed by atoms with Gasteiger partial charge in [0, 0.05) is 11.4 Å². The van der Waals surface area contributed by atoms with Crippen molar-refractivity contribution in [2.45, 2.75) is 45.6 Å². The Kier molecular flexibility index (Phi) is 6.13. The van der Waals surface area contributed by atoms with E-state index < -0.39 is 11.4 Å². The molecule has 0 fully saturated rings. The van der Waals surface area contributed by atoms with Gasteiger partial charge in [-0.25, -0.2) is 4.98 Å². The maximum atomic E-state index is 11.2. The first-order valence-corrected chi connectivity index (χ1v) is 8.45. The van der Waals surface area contributed by atoms with Crippen molar-refractivity contribution in [1.29, 1.82) is 0 Å². The summed E-state index contributed by atoms with van der Waals surface area (Å²) in [5.74, 6) is 1.42. The van der Waals surface area contributed by atoms with Crippen molar-refractivity contribution < 1.29 is 9.90 Å². The van der Waals surface area contributed by atoms with Gasteiger partial charge in [-0.2, -0.15) is 11.8 Å². The molecule has 1 unspecified atom stereocenters. The molecule has 0 aromatic carbocycles. The molecule has 0 aliphatic carbocycles. The van der Waals surface area contributed by atoms with Crippen LogP contribution in [-0.4, -0.2) is 33.6 Å². The first-order chi connectivity index (χ1) is 8.87. The van der Waals surface area contributed by atoms with Crippen LogP contribution in [-0.2, 0) is 10.2 Å². The average Bonchev–Trinajstić information content (AvgIpc) is 2.78. The molecule has 1 aromatic heterocycles. The van der Waals surface area contributed by atoms with Crippen LogP contribution >= 0.6 is 23.1 Å². The minimum Gasteiger partial charge on any atom is -0.481 e. The smallest absolute Gasteiger partial charge is 0.315 e. The molecule has 1 rings (SSSR count). The van der Waals surface area contributed by atoms with Crippen molar-refractivity contribution >= 4 is 34.2 Å². The van der Waals surface area contributed by atoms with Crippen LogP contribution in [0, 0.1) is 0 Å². The minimum atomic E-state index is -0.933. The van der Waals surface area contributed by atoms with Crippen molar-refractivity contribution in [2.24, 2.45) is 0 Å². The van der Waals surface area contributed by atoms with Gasteiger partial charge in [0.05, 0.1) is 5.69 Å². The van der Waals surface area contributed by atoms with Crippen LogP contribution in [0.25, 0.3) is 0 Å². The molecular weight excluding hydrogens is 280 g/mol. The van der Waals surface area contributed by atoms with Gasteiger partial charge in [0.2, 0.25) is 0 Å². The Labute approximate surface area is 123 Å². The van der Waals surface area contributed by atoms with Gasteiger partial charge in [0.1, 0.15) is 5.41 Å². The summed E-state index contributed by atoms with van der Waals surface area (Å²) in [7, 11) is 0. The Morgan fingerprint density at radius 3 is 2.89 bits per heavy atom. The molecule has 1 heterocycles. The highest BCUT2D eigenvalue weighted by atomic mass is 32.2. The first-order valence-electron chi connectivity index (χ1n) is 6.41. The average molecular weight is 302 g/mol. The number of carboxylic acids is 1. The fraction of sp³-hybridized carbons (Fsp3) is 0.692. The lowest BCUT2D eigenvalue weighted by Crippen LogP contribution is -2.29. The molecule has 6 heteroatoms. The number of rotatable bonds is 8. The molecule has 4 nitrogen and oxygen atoms in total. The molecule has 2 N–H and O–H groups in total. The van der Waals surface area contributed by atoms with Crippen molar-refractivity contribution in [3.8, 4) is 0 Å². The summed E-state index contributed by atoms with van der Waals surface area (Å²) in [5, 5.41) is 15.1. The summed E-state index contributed by atoms with van der Waals surface area (Å²) in [5.41, 5.74) is -0.319. The lowest BCUT2D eigenvalue weighted by molar-refractivity contribution is -0.142. The lowest BCUT2D eigenvalue weighted by atomic mass is 9.90. The SMILES string of the molecule is CCSCCC(C)Nc1nc(C(C)(C)C(=O)O)cs1. The third-order valence-corrected chi connectivity index (χ3v) is 4.65. The Morgan fingerprint density at radius 2 is 2.32 bits per heavy atom. The second kappa shape index (κ2) is 7.14. The fourth-order valence-corrected chi connectivity index (χ4v) is 3.22. The number of hydrogen-bond donors (Lipinski definition) is 2. The van der Waals surface area contributed by atoms with E-state index in [1.165, 1.54) is 11.3 Å². The molecule has 0 amide bonds. The van der Waals surface area contributed by atoms with Gasteiger partial charge in [-0.15, -0.1) is 11.3 Å². The molecule has 1 atom stereocenters. The molecule has 0 saturated heterocycles. The van der Waals surface area contributed by atoms with E-state index in [0.717, 1.165) is 23.1 Å². The monoisotopic (exact) mass is 302 g/mol. The van der Waals surface area contributed by atoms with Gasteiger partial charge in [-0.05, 0) is 38.7 Å². The number of nitrogens with zero attached hydrogens (tertiary/aromatic N) is 1. The van der Waals surface area contributed by atoms with Crippen molar-refractivity contribution in [3.05, 3.63) is 11.1 Å². The number of aliphatic carboxylic acids is 1. The Balaban J connectivity index is 2.58. The second-order valence-electron chi connectivity index (χ2n) is 5.00. The summed E-state index contributed by atoms with van der Waals surface area (Å²) >= 11 is 3.39. The zero-order valence-corrected chi connectivity index (χ0v) is 13.5. The van der Waals surface area contributed by atoms with E-state index in [9.17, 15) is 9.90 Å². The molecule has 0 aliphatic heterocycles. The maximum absolute atomic E-state index is 11.2. The number of hydrogen-bond acceptors (Lipinski definition) is 5.